The highest BCUT2D eigenvalue weighted by Crippen LogP contribution is 2.43. The smallest absolute Gasteiger partial charge is 0.0182 e. The van der Waals surface area contributed by atoms with Crippen LogP contribution in [-0.2, 0) is 0 Å². The maximum Gasteiger partial charge on any atom is 0.0182 e. The van der Waals surface area contributed by atoms with Crippen LogP contribution in [0.4, 0.5) is 0 Å². The zero-order valence-electron chi connectivity index (χ0n) is 21.5. The van der Waals surface area contributed by atoms with Crippen LogP contribution in [0.3, 0.4) is 0 Å². The average Bonchev–Trinajstić information content (AvgIpc) is 2.81. The number of hydrogen-bond acceptors (Lipinski definition) is 2. The van der Waals surface area contributed by atoms with Crippen LogP contribution in [0, 0.1) is 5.92 Å². The van der Waals surface area contributed by atoms with Crippen LogP contribution < -0.4 is 10.6 Å². The molecule has 2 heteroatoms. The molecule has 0 aliphatic heterocycles. The summed E-state index contributed by atoms with van der Waals surface area (Å²) < 4.78 is 0. The molecule has 0 amide bonds. The summed E-state index contributed by atoms with van der Waals surface area (Å²) in [5.74, 6) is 1.07. The quantitative estimate of drug-likeness (QED) is 0.167. The standard InChI is InChI=1S/C29H58N2/c1-2-3-4-5-6-7-8-9-10-11-12-13-14-15-16-17-18-25-30-26-27-31-29-22-19-28(20-23-29)21-24-29/h28,30-31H,2-27H2,1H3. The van der Waals surface area contributed by atoms with Crippen molar-refractivity contribution in [1.82, 2.24) is 10.6 Å². The highest BCUT2D eigenvalue weighted by atomic mass is 15.0. The highest BCUT2D eigenvalue weighted by molar-refractivity contribution is 4.98. The average molecular weight is 435 g/mol. The summed E-state index contributed by atoms with van der Waals surface area (Å²) in [6.07, 6.45) is 33.5. The van der Waals surface area contributed by atoms with Crippen LogP contribution >= 0.6 is 0 Å². The van der Waals surface area contributed by atoms with Crippen molar-refractivity contribution in [2.45, 2.75) is 160 Å². The van der Waals surface area contributed by atoms with Crippen molar-refractivity contribution in [1.29, 1.82) is 0 Å². The number of hydrogen-bond donors (Lipinski definition) is 2. The Morgan fingerprint density at radius 1 is 0.516 bits per heavy atom. The van der Waals surface area contributed by atoms with E-state index in [1.807, 2.05) is 0 Å². The van der Waals surface area contributed by atoms with E-state index >= 15 is 0 Å². The number of fused-ring (bicyclic) bond motifs is 3. The maximum atomic E-state index is 3.92. The molecule has 0 atom stereocenters. The minimum absolute atomic E-state index is 0.532. The minimum Gasteiger partial charge on any atom is -0.315 e. The fourth-order valence-electron chi connectivity index (χ4n) is 6.03. The summed E-state index contributed by atoms with van der Waals surface area (Å²) in [5, 5.41) is 7.59. The molecular formula is C29H58N2. The van der Waals surface area contributed by atoms with Gasteiger partial charge in [0.15, 0.2) is 0 Å². The molecule has 3 fully saturated rings. The Morgan fingerprint density at radius 2 is 0.935 bits per heavy atom. The van der Waals surface area contributed by atoms with Gasteiger partial charge in [0.2, 0.25) is 0 Å². The molecule has 184 valence electrons. The second kappa shape index (κ2) is 18.4. The molecule has 0 aromatic rings. The Morgan fingerprint density at radius 3 is 1.39 bits per heavy atom. The normalized spacial score (nSPS) is 22.9. The van der Waals surface area contributed by atoms with Gasteiger partial charge in [-0.15, -0.1) is 0 Å². The van der Waals surface area contributed by atoms with E-state index in [1.165, 1.54) is 161 Å². The van der Waals surface area contributed by atoms with E-state index in [0.717, 1.165) is 12.5 Å². The molecule has 0 radical (unpaired) electrons. The van der Waals surface area contributed by atoms with Gasteiger partial charge in [0, 0.05) is 18.6 Å². The number of nitrogens with one attached hydrogen (secondary N) is 2. The molecule has 3 aliphatic rings. The second-order valence-corrected chi connectivity index (χ2v) is 11.1. The Kier molecular flexibility index (Phi) is 16.1. The van der Waals surface area contributed by atoms with E-state index in [9.17, 15) is 0 Å². The first-order valence-electron chi connectivity index (χ1n) is 14.8. The summed E-state index contributed by atoms with van der Waals surface area (Å²) >= 11 is 0. The van der Waals surface area contributed by atoms with Crippen molar-refractivity contribution < 1.29 is 0 Å². The van der Waals surface area contributed by atoms with Gasteiger partial charge in [0.25, 0.3) is 0 Å². The maximum absolute atomic E-state index is 3.92. The third-order valence-electron chi connectivity index (χ3n) is 8.35. The van der Waals surface area contributed by atoms with Crippen molar-refractivity contribution in [3.8, 4) is 0 Å². The molecule has 0 aromatic carbocycles. The Balaban J connectivity index is 1.21. The first-order valence-corrected chi connectivity index (χ1v) is 14.8. The third-order valence-corrected chi connectivity index (χ3v) is 8.35. The van der Waals surface area contributed by atoms with E-state index < -0.39 is 0 Å². The summed E-state index contributed by atoms with van der Waals surface area (Å²) in [7, 11) is 0. The van der Waals surface area contributed by atoms with Crippen molar-refractivity contribution >= 4 is 0 Å². The molecule has 0 spiro atoms. The lowest BCUT2D eigenvalue weighted by Gasteiger charge is -2.47. The van der Waals surface area contributed by atoms with Crippen LogP contribution in [-0.4, -0.2) is 25.2 Å². The largest absolute Gasteiger partial charge is 0.315 e. The van der Waals surface area contributed by atoms with Gasteiger partial charge in [-0.2, -0.15) is 0 Å². The Bertz CT molecular complexity index is 372. The summed E-state index contributed by atoms with van der Waals surface area (Å²) in [6.45, 7) is 5.85. The molecule has 31 heavy (non-hydrogen) atoms. The minimum atomic E-state index is 0.532. The second-order valence-electron chi connectivity index (χ2n) is 11.1. The number of rotatable bonds is 22. The lowest BCUT2D eigenvalue weighted by molar-refractivity contribution is 0.106. The van der Waals surface area contributed by atoms with E-state index in [1.54, 1.807) is 0 Å². The lowest BCUT2D eigenvalue weighted by atomic mass is 9.66. The van der Waals surface area contributed by atoms with Gasteiger partial charge in [-0.05, 0) is 57.4 Å². The van der Waals surface area contributed by atoms with E-state index in [-0.39, 0.29) is 0 Å². The van der Waals surface area contributed by atoms with Crippen molar-refractivity contribution in [3.05, 3.63) is 0 Å². The first-order chi connectivity index (χ1) is 15.3. The van der Waals surface area contributed by atoms with E-state index in [2.05, 4.69) is 17.6 Å². The molecule has 0 saturated heterocycles. The summed E-state index contributed by atoms with van der Waals surface area (Å²) in [4.78, 5) is 0. The molecule has 0 aromatic heterocycles. The SMILES string of the molecule is CCCCCCCCCCCCCCCCCCCNCCNC12CCC(CC1)CC2. The topological polar surface area (TPSA) is 24.1 Å². The zero-order chi connectivity index (χ0) is 21.9. The van der Waals surface area contributed by atoms with Gasteiger partial charge in [-0.1, -0.05) is 110 Å². The summed E-state index contributed by atoms with van der Waals surface area (Å²) in [5.41, 5.74) is 0.532. The molecule has 3 rings (SSSR count). The van der Waals surface area contributed by atoms with Crippen LogP contribution in [0.25, 0.3) is 0 Å². The molecule has 2 nitrogen and oxygen atoms in total. The molecule has 3 aliphatic carbocycles. The first kappa shape index (κ1) is 27.2. The Hall–Kier alpha value is -0.0800. The fourth-order valence-corrected chi connectivity index (χ4v) is 6.03. The monoisotopic (exact) mass is 434 g/mol. The molecular weight excluding hydrogens is 376 g/mol. The molecule has 2 bridgehead atoms. The Labute approximate surface area is 196 Å². The molecule has 0 unspecified atom stereocenters. The third kappa shape index (κ3) is 13.3. The van der Waals surface area contributed by atoms with Gasteiger partial charge in [0.1, 0.15) is 0 Å². The molecule has 0 heterocycles. The van der Waals surface area contributed by atoms with Crippen molar-refractivity contribution in [3.63, 3.8) is 0 Å². The van der Waals surface area contributed by atoms with Crippen LogP contribution in [0.15, 0.2) is 0 Å². The van der Waals surface area contributed by atoms with E-state index in [4.69, 9.17) is 0 Å². The van der Waals surface area contributed by atoms with Gasteiger partial charge in [-0.3, -0.25) is 0 Å². The van der Waals surface area contributed by atoms with Crippen LogP contribution in [0.5, 0.6) is 0 Å². The van der Waals surface area contributed by atoms with Gasteiger partial charge in [-0.25, -0.2) is 0 Å². The summed E-state index contributed by atoms with van der Waals surface area (Å²) in [6, 6.07) is 0. The van der Waals surface area contributed by atoms with Gasteiger partial charge in [0.05, 0.1) is 0 Å². The van der Waals surface area contributed by atoms with Gasteiger partial charge < -0.3 is 10.6 Å². The molecule has 3 saturated carbocycles. The highest BCUT2D eigenvalue weighted by Gasteiger charge is 2.39. The zero-order valence-corrected chi connectivity index (χ0v) is 21.5. The van der Waals surface area contributed by atoms with Crippen molar-refractivity contribution in [2.24, 2.45) is 5.92 Å². The fraction of sp³-hybridized carbons (Fsp3) is 1.00. The number of unbranched alkanes of at least 4 members (excludes halogenated alkanes) is 16. The van der Waals surface area contributed by atoms with E-state index in [0.29, 0.717) is 5.54 Å². The van der Waals surface area contributed by atoms with Crippen LogP contribution in [0.1, 0.15) is 155 Å². The van der Waals surface area contributed by atoms with Gasteiger partial charge >= 0.3 is 0 Å². The van der Waals surface area contributed by atoms with Crippen LogP contribution in [0.2, 0.25) is 0 Å². The molecule has 2 N–H and O–H groups in total. The predicted octanol–water partition coefficient (Wildman–Crippen LogP) is 8.54. The predicted molar refractivity (Wildman–Crippen MR) is 139 cm³/mol. The lowest BCUT2D eigenvalue weighted by Crippen LogP contribution is -2.53. The van der Waals surface area contributed by atoms with Crippen molar-refractivity contribution in [2.75, 3.05) is 19.6 Å².